The number of alkyl halides is 3. The number of nitrogens with one attached hydrogen (secondary N) is 1. The fourth-order valence-electron chi connectivity index (χ4n) is 2.28. The molecular formula is C20H16F3N5O3. The van der Waals surface area contributed by atoms with E-state index in [1.807, 2.05) is 48.7 Å². The predicted octanol–water partition coefficient (Wildman–Crippen LogP) is 3.64. The van der Waals surface area contributed by atoms with Crippen LogP contribution in [0.1, 0.15) is 27.4 Å². The van der Waals surface area contributed by atoms with Crippen LogP contribution in [-0.4, -0.2) is 37.7 Å². The van der Waals surface area contributed by atoms with Crippen LogP contribution in [0.25, 0.3) is 5.69 Å². The molecule has 0 aliphatic rings. The molecule has 2 heterocycles. The van der Waals surface area contributed by atoms with Crippen molar-refractivity contribution < 1.29 is 27.9 Å². The zero-order valence-electron chi connectivity index (χ0n) is 16.3. The van der Waals surface area contributed by atoms with Crippen molar-refractivity contribution in [3.8, 4) is 11.8 Å². The van der Waals surface area contributed by atoms with Crippen LogP contribution in [0.4, 0.5) is 18.9 Å². The van der Waals surface area contributed by atoms with Crippen molar-refractivity contribution in [2.75, 3.05) is 5.32 Å². The summed E-state index contributed by atoms with van der Waals surface area (Å²) in [6.07, 6.45) is -1.86. The molecule has 11 heteroatoms. The van der Waals surface area contributed by atoms with Crippen LogP contribution < -0.4 is 5.32 Å². The SMILES string of the molecule is Cc1ncn(-c2ccc(NC(=O)c3cc(C#N)ccn3)cc2)c1C.O=C(O)C(F)(F)F. The Bertz CT molecular complexity index is 1130. The van der Waals surface area contributed by atoms with E-state index in [0.717, 1.165) is 17.1 Å². The Morgan fingerprint density at radius 1 is 1.13 bits per heavy atom. The van der Waals surface area contributed by atoms with Crippen LogP contribution in [0, 0.1) is 25.2 Å². The first-order valence-electron chi connectivity index (χ1n) is 8.61. The summed E-state index contributed by atoms with van der Waals surface area (Å²) in [5.74, 6) is -3.11. The highest BCUT2D eigenvalue weighted by Gasteiger charge is 2.38. The topological polar surface area (TPSA) is 121 Å². The second-order valence-electron chi connectivity index (χ2n) is 6.13. The van der Waals surface area contributed by atoms with E-state index >= 15 is 0 Å². The number of pyridine rings is 1. The van der Waals surface area contributed by atoms with Gasteiger partial charge in [0.15, 0.2) is 0 Å². The maximum atomic E-state index is 12.2. The van der Waals surface area contributed by atoms with Gasteiger partial charge in [0.05, 0.1) is 23.7 Å². The molecule has 0 saturated carbocycles. The third-order valence-corrected chi connectivity index (χ3v) is 4.02. The van der Waals surface area contributed by atoms with E-state index in [0.29, 0.717) is 11.3 Å². The number of aryl methyl sites for hydroxylation is 1. The number of nitriles is 1. The van der Waals surface area contributed by atoms with Gasteiger partial charge in [-0.15, -0.1) is 0 Å². The number of carbonyl (C=O) groups excluding carboxylic acids is 1. The maximum Gasteiger partial charge on any atom is 0.490 e. The minimum Gasteiger partial charge on any atom is -0.475 e. The number of halogens is 3. The first-order chi connectivity index (χ1) is 14.5. The van der Waals surface area contributed by atoms with Gasteiger partial charge in [-0.3, -0.25) is 9.78 Å². The van der Waals surface area contributed by atoms with E-state index in [1.54, 1.807) is 12.4 Å². The number of rotatable bonds is 3. The first-order valence-corrected chi connectivity index (χ1v) is 8.61. The molecule has 0 bridgehead atoms. The normalized spacial score (nSPS) is 10.5. The van der Waals surface area contributed by atoms with Crippen LogP contribution >= 0.6 is 0 Å². The zero-order valence-corrected chi connectivity index (χ0v) is 16.3. The molecule has 1 aromatic carbocycles. The Morgan fingerprint density at radius 3 is 2.23 bits per heavy atom. The number of nitrogens with zero attached hydrogens (tertiary/aromatic N) is 4. The summed E-state index contributed by atoms with van der Waals surface area (Å²) < 4.78 is 33.7. The van der Waals surface area contributed by atoms with Crippen molar-refractivity contribution in [1.29, 1.82) is 5.26 Å². The van der Waals surface area contributed by atoms with E-state index in [2.05, 4.69) is 15.3 Å². The molecule has 0 aliphatic carbocycles. The van der Waals surface area contributed by atoms with Crippen LogP contribution in [0.15, 0.2) is 48.9 Å². The summed E-state index contributed by atoms with van der Waals surface area (Å²) >= 11 is 0. The Labute approximate surface area is 174 Å². The third-order valence-electron chi connectivity index (χ3n) is 4.02. The Morgan fingerprint density at radius 2 is 1.74 bits per heavy atom. The van der Waals surface area contributed by atoms with Gasteiger partial charge in [-0.05, 0) is 50.2 Å². The standard InChI is InChI=1S/C18H15N5O.C2HF3O2/c1-12-13(2)23(11-21-12)16-5-3-15(4-6-16)22-18(24)17-9-14(10-19)7-8-20-17;3-2(4,5)1(6)7/h3-9,11H,1-2H3,(H,22,24);(H,6,7). The number of hydrogen-bond donors (Lipinski definition) is 2. The van der Waals surface area contributed by atoms with Crippen LogP contribution in [0.5, 0.6) is 0 Å². The van der Waals surface area contributed by atoms with Gasteiger partial charge in [0.25, 0.3) is 5.91 Å². The summed E-state index contributed by atoms with van der Waals surface area (Å²) in [5.41, 5.74) is 4.29. The Kier molecular flexibility index (Phi) is 7.10. The van der Waals surface area contributed by atoms with Gasteiger partial charge >= 0.3 is 12.1 Å². The van der Waals surface area contributed by atoms with Crippen molar-refractivity contribution in [1.82, 2.24) is 14.5 Å². The lowest BCUT2D eigenvalue weighted by atomic mass is 10.2. The third kappa shape index (κ3) is 6.14. The molecular weight excluding hydrogens is 415 g/mol. The quantitative estimate of drug-likeness (QED) is 0.653. The van der Waals surface area contributed by atoms with Gasteiger partial charge < -0.3 is 15.0 Å². The number of carboxylic acids is 1. The van der Waals surface area contributed by atoms with Crippen molar-refractivity contribution in [2.24, 2.45) is 0 Å². The van der Waals surface area contributed by atoms with Crippen LogP contribution in [0.3, 0.4) is 0 Å². The zero-order chi connectivity index (χ0) is 23.2. The maximum absolute atomic E-state index is 12.2. The summed E-state index contributed by atoms with van der Waals surface area (Å²) in [4.78, 5) is 29.4. The summed E-state index contributed by atoms with van der Waals surface area (Å²) in [6.45, 7) is 3.97. The number of aromatic nitrogens is 3. The van der Waals surface area contributed by atoms with Gasteiger partial charge in [0.2, 0.25) is 0 Å². The van der Waals surface area contributed by atoms with E-state index < -0.39 is 12.1 Å². The van der Waals surface area contributed by atoms with Crippen molar-refractivity contribution in [3.63, 3.8) is 0 Å². The van der Waals surface area contributed by atoms with Gasteiger partial charge in [-0.1, -0.05) is 0 Å². The number of imidazole rings is 1. The fourth-order valence-corrected chi connectivity index (χ4v) is 2.28. The molecule has 0 fully saturated rings. The summed E-state index contributed by atoms with van der Waals surface area (Å²) in [7, 11) is 0. The molecule has 0 atom stereocenters. The van der Waals surface area contributed by atoms with Gasteiger partial charge in [0, 0.05) is 23.3 Å². The van der Waals surface area contributed by atoms with E-state index in [4.69, 9.17) is 15.2 Å². The molecule has 0 unspecified atom stereocenters. The minimum atomic E-state index is -5.08. The molecule has 8 nitrogen and oxygen atoms in total. The van der Waals surface area contributed by atoms with Crippen molar-refractivity contribution in [2.45, 2.75) is 20.0 Å². The molecule has 0 radical (unpaired) electrons. The Balaban J connectivity index is 0.000000423. The highest BCUT2D eigenvalue weighted by Crippen LogP contribution is 2.17. The van der Waals surface area contributed by atoms with E-state index in [-0.39, 0.29) is 11.6 Å². The Hall–Kier alpha value is -4.20. The van der Waals surface area contributed by atoms with E-state index in [1.165, 1.54) is 12.3 Å². The average Bonchev–Trinajstić information content (AvgIpc) is 3.07. The molecule has 0 saturated heterocycles. The highest BCUT2D eigenvalue weighted by atomic mass is 19.4. The van der Waals surface area contributed by atoms with Gasteiger partial charge in [-0.2, -0.15) is 18.4 Å². The molecule has 0 spiro atoms. The molecule has 0 aliphatic heterocycles. The van der Waals surface area contributed by atoms with Crippen LogP contribution in [-0.2, 0) is 4.79 Å². The van der Waals surface area contributed by atoms with Crippen molar-refractivity contribution in [3.05, 3.63) is 71.6 Å². The molecule has 1 amide bonds. The number of carboxylic acid groups (broad SMARTS) is 1. The molecule has 2 aromatic heterocycles. The number of aliphatic carboxylic acids is 1. The number of hydrogen-bond acceptors (Lipinski definition) is 5. The number of carbonyl (C=O) groups is 2. The van der Waals surface area contributed by atoms with E-state index in [9.17, 15) is 18.0 Å². The summed E-state index contributed by atoms with van der Waals surface area (Å²) in [5, 5.41) is 18.8. The van der Waals surface area contributed by atoms with Gasteiger partial charge in [0.1, 0.15) is 5.69 Å². The second kappa shape index (κ2) is 9.53. The number of benzene rings is 1. The molecule has 31 heavy (non-hydrogen) atoms. The average molecular weight is 431 g/mol. The van der Waals surface area contributed by atoms with Gasteiger partial charge in [-0.25, -0.2) is 9.78 Å². The summed E-state index contributed by atoms with van der Waals surface area (Å²) in [6, 6.07) is 12.4. The largest absolute Gasteiger partial charge is 0.490 e. The second-order valence-corrected chi connectivity index (χ2v) is 6.13. The lowest BCUT2D eigenvalue weighted by Crippen LogP contribution is -2.21. The smallest absolute Gasteiger partial charge is 0.475 e. The van der Waals surface area contributed by atoms with Crippen LogP contribution in [0.2, 0.25) is 0 Å². The lowest BCUT2D eigenvalue weighted by molar-refractivity contribution is -0.192. The van der Waals surface area contributed by atoms with Crippen molar-refractivity contribution >= 4 is 17.6 Å². The molecule has 3 rings (SSSR count). The first kappa shape index (κ1) is 23.1. The number of anilines is 1. The highest BCUT2D eigenvalue weighted by molar-refractivity contribution is 6.03. The monoisotopic (exact) mass is 431 g/mol. The fraction of sp³-hybridized carbons (Fsp3) is 0.150. The predicted molar refractivity (Wildman–Crippen MR) is 104 cm³/mol. The molecule has 2 N–H and O–H groups in total. The molecule has 160 valence electrons. The number of amides is 1. The minimum absolute atomic E-state index is 0.208. The lowest BCUT2D eigenvalue weighted by Gasteiger charge is -2.08. The molecule has 3 aromatic rings.